The van der Waals surface area contributed by atoms with E-state index in [2.05, 4.69) is 0 Å². The number of nitrogen functional groups attached to an aromatic ring is 1. The molecule has 10 heavy (non-hydrogen) atoms. The van der Waals surface area contributed by atoms with Crippen molar-refractivity contribution in [1.29, 1.82) is 0 Å². The summed E-state index contributed by atoms with van der Waals surface area (Å²) in [5, 5.41) is 8.93. The molecule has 0 atom stereocenters. The van der Waals surface area contributed by atoms with Crippen LogP contribution in [0, 0.1) is 0 Å². The lowest BCUT2D eigenvalue weighted by molar-refractivity contribution is 0.473. The van der Waals surface area contributed by atoms with Crippen molar-refractivity contribution in [2.24, 2.45) is 0 Å². The van der Waals surface area contributed by atoms with Gasteiger partial charge in [-0.3, -0.25) is 4.79 Å². The Labute approximate surface area is 57.7 Å². The minimum Gasteiger partial charge on any atom is -0.503 e. The van der Waals surface area contributed by atoms with Crippen molar-refractivity contribution in [3.63, 3.8) is 0 Å². The molecule has 1 aromatic rings. The number of hydrogen-bond acceptors (Lipinski definition) is 3. The van der Waals surface area contributed by atoms with Crippen LogP contribution >= 0.6 is 0 Å². The van der Waals surface area contributed by atoms with Crippen molar-refractivity contribution >= 4 is 5.69 Å². The summed E-state index contributed by atoms with van der Waals surface area (Å²) in [4.78, 5) is 10.7. The first-order chi connectivity index (χ1) is 4.72. The molecule has 0 bridgehead atoms. The van der Waals surface area contributed by atoms with E-state index in [-0.39, 0.29) is 11.4 Å². The van der Waals surface area contributed by atoms with Crippen molar-refractivity contribution < 1.29 is 5.11 Å². The first kappa shape index (κ1) is 6.61. The lowest BCUT2D eigenvalue weighted by Crippen LogP contribution is -1.96. The molecule has 0 aliphatic carbocycles. The van der Waals surface area contributed by atoms with Gasteiger partial charge in [0.05, 0.1) is 5.69 Å². The highest BCUT2D eigenvalue weighted by molar-refractivity contribution is 5.49. The zero-order valence-corrected chi connectivity index (χ0v) is 5.24. The molecule has 0 aliphatic heterocycles. The van der Waals surface area contributed by atoms with Gasteiger partial charge in [-0.2, -0.15) is 0 Å². The van der Waals surface area contributed by atoms with Crippen molar-refractivity contribution in [3.8, 4) is 5.75 Å². The Morgan fingerprint density at radius 2 is 1.90 bits per heavy atom. The second-order valence-corrected chi connectivity index (χ2v) is 1.89. The molecule has 0 aliphatic rings. The molecule has 52 valence electrons. The molecule has 1 aromatic carbocycles. The summed E-state index contributed by atoms with van der Waals surface area (Å²) >= 11 is 0. The maximum absolute atomic E-state index is 10.7. The lowest BCUT2D eigenvalue weighted by Gasteiger charge is -1.86. The van der Waals surface area contributed by atoms with Crippen molar-refractivity contribution in [1.82, 2.24) is 0 Å². The molecular formula is C7H7NO2. The van der Waals surface area contributed by atoms with Gasteiger partial charge < -0.3 is 10.8 Å². The fourth-order valence-electron chi connectivity index (χ4n) is 0.602. The first-order valence-electron chi connectivity index (χ1n) is 2.79. The number of hydrogen-bond donors (Lipinski definition) is 2. The van der Waals surface area contributed by atoms with Gasteiger partial charge in [0.2, 0.25) is 5.43 Å². The van der Waals surface area contributed by atoms with Crippen molar-refractivity contribution in [2.45, 2.75) is 0 Å². The highest BCUT2D eigenvalue weighted by atomic mass is 16.3. The Hall–Kier alpha value is -1.51. The summed E-state index contributed by atoms with van der Waals surface area (Å²) in [6.07, 6.45) is 0. The van der Waals surface area contributed by atoms with E-state index in [4.69, 9.17) is 10.8 Å². The molecule has 1 rings (SSSR count). The molecule has 0 unspecified atom stereocenters. The summed E-state index contributed by atoms with van der Waals surface area (Å²) in [5.41, 5.74) is 4.90. The van der Waals surface area contributed by atoms with Gasteiger partial charge in [-0.1, -0.05) is 12.1 Å². The van der Waals surface area contributed by atoms with Crippen LogP contribution in [0.15, 0.2) is 29.1 Å². The summed E-state index contributed by atoms with van der Waals surface area (Å²) in [7, 11) is 0. The number of rotatable bonds is 0. The molecule has 0 aromatic heterocycles. The molecule has 3 N–H and O–H groups in total. The van der Waals surface area contributed by atoms with E-state index in [1.807, 2.05) is 0 Å². The van der Waals surface area contributed by atoms with Crippen LogP contribution in [0.5, 0.6) is 5.75 Å². The zero-order valence-electron chi connectivity index (χ0n) is 5.24. The minimum atomic E-state index is -0.456. The second kappa shape index (κ2) is 2.39. The molecule has 0 heterocycles. The third-order valence-electron chi connectivity index (χ3n) is 1.14. The Bertz CT molecular complexity index is 296. The van der Waals surface area contributed by atoms with Gasteiger partial charge in [-0.05, 0) is 12.1 Å². The second-order valence-electron chi connectivity index (χ2n) is 1.89. The standard InChI is InChI=1S/C7H7NO2/c8-5-3-1-2-4-6(9)7(5)10/h1-4H,(H3,8,9,10). The van der Waals surface area contributed by atoms with Gasteiger partial charge in [-0.15, -0.1) is 0 Å². The maximum Gasteiger partial charge on any atom is 0.222 e. The van der Waals surface area contributed by atoms with Crippen molar-refractivity contribution in [2.75, 3.05) is 5.73 Å². The van der Waals surface area contributed by atoms with Crippen LogP contribution in [0.2, 0.25) is 0 Å². The minimum absolute atomic E-state index is 0.106. The van der Waals surface area contributed by atoms with E-state index in [0.717, 1.165) is 0 Å². The smallest absolute Gasteiger partial charge is 0.222 e. The lowest BCUT2D eigenvalue weighted by atomic mass is 10.4. The Morgan fingerprint density at radius 3 is 2.60 bits per heavy atom. The predicted octanol–water partition coefficient (Wildman–Crippen LogP) is 0.335. The molecule has 0 spiro atoms. The van der Waals surface area contributed by atoms with Crippen LogP contribution in [0.3, 0.4) is 0 Å². The van der Waals surface area contributed by atoms with Gasteiger partial charge in [0.1, 0.15) is 0 Å². The van der Waals surface area contributed by atoms with Gasteiger partial charge in [0.15, 0.2) is 5.75 Å². The number of aromatic hydroxyl groups is 1. The van der Waals surface area contributed by atoms with E-state index in [0.29, 0.717) is 0 Å². The molecule has 3 nitrogen and oxygen atoms in total. The summed E-state index contributed by atoms with van der Waals surface area (Å²) in [5.74, 6) is -0.384. The van der Waals surface area contributed by atoms with Crippen LogP contribution in [0.1, 0.15) is 0 Å². The van der Waals surface area contributed by atoms with Crippen LogP contribution < -0.4 is 11.2 Å². The van der Waals surface area contributed by atoms with Gasteiger partial charge in [0.25, 0.3) is 0 Å². The number of nitrogens with two attached hydrogens (primary N) is 1. The summed E-state index contributed by atoms with van der Waals surface area (Å²) in [6.45, 7) is 0. The predicted molar refractivity (Wildman–Crippen MR) is 38.8 cm³/mol. The SMILES string of the molecule is Nc1ccccc(=O)c1O. The summed E-state index contributed by atoms with van der Waals surface area (Å²) < 4.78 is 0. The Balaban J connectivity index is 3.53. The Kier molecular flexibility index (Phi) is 1.58. The van der Waals surface area contributed by atoms with E-state index in [1.165, 1.54) is 18.2 Å². The molecule has 0 amide bonds. The third-order valence-corrected chi connectivity index (χ3v) is 1.14. The number of anilines is 1. The quantitative estimate of drug-likeness (QED) is 0.541. The molecule has 3 heteroatoms. The average Bonchev–Trinajstić information content (AvgIpc) is 2.04. The monoisotopic (exact) mass is 137 g/mol. The molecule has 0 saturated carbocycles. The fourth-order valence-corrected chi connectivity index (χ4v) is 0.602. The highest BCUT2D eigenvalue weighted by Gasteiger charge is 1.95. The fraction of sp³-hybridized carbons (Fsp3) is 0. The van der Waals surface area contributed by atoms with Gasteiger partial charge in [-0.25, -0.2) is 0 Å². The van der Waals surface area contributed by atoms with Crippen LogP contribution in [-0.2, 0) is 0 Å². The van der Waals surface area contributed by atoms with Crippen LogP contribution in [-0.4, -0.2) is 5.11 Å². The normalized spacial score (nSPS) is 9.20. The molecular weight excluding hydrogens is 130 g/mol. The maximum atomic E-state index is 10.7. The van der Waals surface area contributed by atoms with E-state index in [1.54, 1.807) is 6.07 Å². The first-order valence-corrected chi connectivity index (χ1v) is 2.79. The Morgan fingerprint density at radius 1 is 1.30 bits per heavy atom. The van der Waals surface area contributed by atoms with Crippen molar-refractivity contribution in [3.05, 3.63) is 34.5 Å². The van der Waals surface area contributed by atoms with Gasteiger partial charge >= 0.3 is 0 Å². The van der Waals surface area contributed by atoms with Gasteiger partial charge in [0, 0.05) is 0 Å². The van der Waals surface area contributed by atoms with Crippen LogP contribution in [0.4, 0.5) is 5.69 Å². The largest absolute Gasteiger partial charge is 0.503 e. The van der Waals surface area contributed by atoms with E-state index in [9.17, 15) is 4.79 Å². The average molecular weight is 137 g/mol. The van der Waals surface area contributed by atoms with E-state index < -0.39 is 5.43 Å². The third kappa shape index (κ3) is 1.07. The highest BCUT2D eigenvalue weighted by Crippen LogP contribution is 2.09. The molecule has 0 radical (unpaired) electrons. The van der Waals surface area contributed by atoms with E-state index >= 15 is 0 Å². The zero-order chi connectivity index (χ0) is 7.56. The van der Waals surface area contributed by atoms with Crippen LogP contribution in [0.25, 0.3) is 0 Å². The topological polar surface area (TPSA) is 63.3 Å². The summed E-state index contributed by atoms with van der Waals surface area (Å²) in [6, 6.07) is 5.84. The molecule has 0 saturated heterocycles. The molecule has 0 fully saturated rings.